The zero-order valence-electron chi connectivity index (χ0n) is 23.1. The molecule has 1 saturated heterocycles. The number of morpholine rings is 1. The van der Waals surface area contributed by atoms with Gasteiger partial charge in [-0.1, -0.05) is 0 Å². The van der Waals surface area contributed by atoms with Crippen molar-refractivity contribution in [1.82, 2.24) is 24.2 Å². The summed E-state index contributed by atoms with van der Waals surface area (Å²) < 4.78 is 24.2. The second-order valence-electron chi connectivity index (χ2n) is 9.93. The van der Waals surface area contributed by atoms with Crippen LogP contribution in [0.3, 0.4) is 0 Å². The van der Waals surface area contributed by atoms with Gasteiger partial charge in [-0.25, -0.2) is 14.8 Å². The fourth-order valence-electron chi connectivity index (χ4n) is 5.08. The number of imidazole rings is 1. The lowest BCUT2D eigenvalue weighted by Gasteiger charge is -2.39. The Morgan fingerprint density at radius 1 is 1.24 bits per heavy atom. The van der Waals surface area contributed by atoms with E-state index in [1.165, 1.54) is 12.0 Å². The summed E-state index contributed by atoms with van der Waals surface area (Å²) >= 11 is 3.56. The second kappa shape index (κ2) is 12.5. The van der Waals surface area contributed by atoms with Gasteiger partial charge in [0.1, 0.15) is 33.5 Å². The number of benzene rings is 1. The summed E-state index contributed by atoms with van der Waals surface area (Å²) in [5.41, 5.74) is 1.61. The molecule has 2 aromatic heterocycles. The van der Waals surface area contributed by atoms with Crippen LogP contribution in [0.5, 0.6) is 11.5 Å². The van der Waals surface area contributed by atoms with E-state index in [1.54, 1.807) is 26.6 Å². The molecule has 3 heterocycles. The van der Waals surface area contributed by atoms with Crippen LogP contribution in [0.15, 0.2) is 35.2 Å². The molecule has 1 saturated carbocycles. The molecule has 13 nitrogen and oxygen atoms in total. The van der Waals surface area contributed by atoms with Crippen LogP contribution in [-0.4, -0.2) is 101 Å². The molecule has 0 spiro atoms. The highest BCUT2D eigenvalue weighted by Gasteiger charge is 2.39. The van der Waals surface area contributed by atoms with Gasteiger partial charge in [-0.15, -0.1) is 0 Å². The zero-order valence-corrected chi connectivity index (χ0v) is 24.7. The number of hydrogen-bond donors (Lipinski definition) is 2. The van der Waals surface area contributed by atoms with Crippen molar-refractivity contribution < 1.29 is 33.6 Å². The highest BCUT2D eigenvalue weighted by atomic mass is 79.9. The number of ether oxygens (including phenoxy) is 4. The number of methoxy groups -OCH3 is 3. The quantitative estimate of drug-likeness (QED) is 0.301. The van der Waals surface area contributed by atoms with Gasteiger partial charge in [0.05, 0.1) is 47.1 Å². The van der Waals surface area contributed by atoms with E-state index in [0.29, 0.717) is 46.4 Å². The average Bonchev–Trinajstić information content (AvgIpc) is 3.78. The lowest BCUT2D eigenvalue weighted by atomic mass is 10.1. The van der Waals surface area contributed by atoms with Gasteiger partial charge in [-0.2, -0.15) is 0 Å². The maximum Gasteiger partial charge on any atom is 0.407 e. The number of carbonyl (C=O) groups excluding carboxylic acids is 1. The first-order valence-corrected chi connectivity index (χ1v) is 14.0. The Bertz CT molecular complexity index is 1410. The number of halogens is 1. The summed E-state index contributed by atoms with van der Waals surface area (Å²) in [6, 6.07) is 5.43. The first kappa shape index (κ1) is 28.9. The molecule has 0 bridgehead atoms. The third-order valence-corrected chi connectivity index (χ3v) is 7.93. The van der Waals surface area contributed by atoms with E-state index >= 15 is 0 Å². The van der Waals surface area contributed by atoms with Gasteiger partial charge in [0, 0.05) is 43.2 Å². The van der Waals surface area contributed by atoms with Gasteiger partial charge in [-0.3, -0.25) is 19.0 Å². The van der Waals surface area contributed by atoms with E-state index < -0.39 is 18.2 Å². The summed E-state index contributed by atoms with van der Waals surface area (Å²) in [6.07, 6.45) is 3.73. The summed E-state index contributed by atoms with van der Waals surface area (Å²) in [5, 5.41) is 13.4. The first-order chi connectivity index (χ1) is 19.8. The van der Waals surface area contributed by atoms with Crippen LogP contribution in [0.25, 0.3) is 5.52 Å². The zero-order chi connectivity index (χ0) is 29.1. The van der Waals surface area contributed by atoms with Gasteiger partial charge < -0.3 is 29.4 Å². The Balaban J connectivity index is 1.34. The van der Waals surface area contributed by atoms with Crippen molar-refractivity contribution >= 4 is 39.3 Å². The van der Waals surface area contributed by atoms with Crippen LogP contribution in [0.1, 0.15) is 30.3 Å². The van der Waals surface area contributed by atoms with Crippen molar-refractivity contribution in [2.24, 2.45) is 0 Å². The van der Waals surface area contributed by atoms with Gasteiger partial charge in [-0.05, 0) is 40.9 Å². The molecular weight excluding hydrogens is 600 g/mol. The number of esters is 1. The number of anilines is 1. The van der Waals surface area contributed by atoms with E-state index in [-0.39, 0.29) is 31.7 Å². The van der Waals surface area contributed by atoms with Crippen LogP contribution < -0.4 is 14.8 Å². The van der Waals surface area contributed by atoms with Crippen molar-refractivity contribution in [3.05, 3.63) is 46.6 Å². The molecule has 2 atom stereocenters. The normalized spacial score (nSPS) is 18.9. The Morgan fingerprint density at radius 2 is 2.05 bits per heavy atom. The van der Waals surface area contributed by atoms with Crippen LogP contribution in [0, 0.1) is 0 Å². The number of carbonyl (C=O) groups is 2. The highest BCUT2D eigenvalue weighted by Crippen LogP contribution is 2.33. The number of hydrogen-bond acceptors (Lipinski definition) is 10. The lowest BCUT2D eigenvalue weighted by molar-refractivity contribution is -0.142. The minimum atomic E-state index is -1.05. The minimum absolute atomic E-state index is 0.0937. The summed E-state index contributed by atoms with van der Waals surface area (Å²) in [5.74, 6) is 2.18. The third-order valence-electron chi connectivity index (χ3n) is 7.38. The number of amides is 1. The molecule has 1 aliphatic carbocycles. The average molecular weight is 634 g/mol. The van der Waals surface area contributed by atoms with Crippen molar-refractivity contribution in [2.75, 3.05) is 52.9 Å². The summed E-state index contributed by atoms with van der Waals surface area (Å²) in [7, 11) is 4.56. The van der Waals surface area contributed by atoms with Crippen LogP contribution in [-0.2, 0) is 20.8 Å². The molecule has 2 N–H and O–H groups in total. The number of aromatic nitrogens is 3. The van der Waals surface area contributed by atoms with E-state index in [4.69, 9.17) is 23.9 Å². The van der Waals surface area contributed by atoms with E-state index in [0.717, 1.165) is 18.4 Å². The maximum atomic E-state index is 12.3. The Kier molecular flexibility index (Phi) is 8.80. The van der Waals surface area contributed by atoms with Gasteiger partial charge >= 0.3 is 12.1 Å². The van der Waals surface area contributed by atoms with Crippen molar-refractivity contribution in [3.63, 3.8) is 0 Å². The molecule has 0 radical (unpaired) electrons. The van der Waals surface area contributed by atoms with Crippen molar-refractivity contribution in [2.45, 2.75) is 37.6 Å². The molecule has 5 rings (SSSR count). The molecule has 1 aromatic carbocycles. The fraction of sp³-hybridized carbons (Fsp3) is 0.481. The first-order valence-electron chi connectivity index (χ1n) is 13.2. The molecule has 2 aliphatic rings. The van der Waals surface area contributed by atoms with Crippen LogP contribution in [0.2, 0.25) is 0 Å². The van der Waals surface area contributed by atoms with Crippen molar-refractivity contribution in [1.29, 1.82) is 0 Å². The number of carboxylic acid groups (broad SMARTS) is 1. The van der Waals surface area contributed by atoms with E-state index in [1.807, 2.05) is 27.5 Å². The number of nitrogens with zero attached hydrogens (tertiary/aromatic N) is 5. The molecule has 2 fully saturated rings. The maximum absolute atomic E-state index is 12.3. The molecule has 14 heteroatoms. The largest absolute Gasteiger partial charge is 0.497 e. The third kappa shape index (κ3) is 6.34. The number of nitrogens with one attached hydrogen (secondary N) is 1. The Labute approximate surface area is 245 Å². The van der Waals surface area contributed by atoms with Gasteiger partial charge in [0.2, 0.25) is 0 Å². The molecule has 2 unspecified atom stereocenters. The van der Waals surface area contributed by atoms with Crippen LogP contribution >= 0.6 is 15.9 Å². The molecule has 220 valence electrons. The van der Waals surface area contributed by atoms with Gasteiger partial charge in [0.25, 0.3) is 0 Å². The lowest BCUT2D eigenvalue weighted by Crippen LogP contribution is -2.55. The number of fused-ring (bicyclic) bond motifs is 1. The molecule has 3 aromatic rings. The molecule has 1 aliphatic heterocycles. The van der Waals surface area contributed by atoms with Crippen molar-refractivity contribution in [3.8, 4) is 11.5 Å². The minimum Gasteiger partial charge on any atom is -0.497 e. The standard InChI is InChI=1S/C27H33BrN6O7/c1-38-19-7-4-16(20(10-19)39-2)11-30-25-23-24(28)31-26(33(23)9-8-29-25)21-13-34(27(36)37)18(15-41-21)12-32(17-5-6-17)14-22(35)40-3/h4,7-10,17-18,21H,5-6,11-15H2,1-3H3,(H,29,30)(H,36,37). The summed E-state index contributed by atoms with van der Waals surface area (Å²) in [4.78, 5) is 36.8. The fourth-order valence-corrected chi connectivity index (χ4v) is 5.64. The van der Waals surface area contributed by atoms with E-state index in [2.05, 4.69) is 26.2 Å². The molecule has 41 heavy (non-hydrogen) atoms. The predicted octanol–water partition coefficient (Wildman–Crippen LogP) is 3.18. The highest BCUT2D eigenvalue weighted by molar-refractivity contribution is 9.10. The monoisotopic (exact) mass is 632 g/mol. The topological polar surface area (TPSA) is 140 Å². The van der Waals surface area contributed by atoms with Gasteiger partial charge in [0.15, 0.2) is 5.82 Å². The predicted molar refractivity (Wildman–Crippen MR) is 151 cm³/mol. The second-order valence-corrected chi connectivity index (χ2v) is 10.7. The molecule has 1 amide bonds. The molecular formula is C27H33BrN6O7. The smallest absolute Gasteiger partial charge is 0.407 e. The Hall–Kier alpha value is -3.62. The SMILES string of the molecule is COC(=O)CN(CC1COC(c2nc(Br)c3c(NCc4ccc(OC)cc4OC)nccn23)CN1C(=O)O)C1CC1. The number of rotatable bonds is 11. The van der Waals surface area contributed by atoms with E-state index in [9.17, 15) is 14.7 Å². The summed E-state index contributed by atoms with van der Waals surface area (Å²) in [6.45, 7) is 1.21. The van der Waals surface area contributed by atoms with Crippen LogP contribution in [0.4, 0.5) is 10.6 Å². The Morgan fingerprint density at radius 3 is 2.73 bits per heavy atom.